The summed E-state index contributed by atoms with van der Waals surface area (Å²) in [5, 5.41) is 11.7. The number of imide groups is 1. The van der Waals surface area contributed by atoms with Crippen LogP contribution in [0.1, 0.15) is 0 Å². The predicted octanol–water partition coefficient (Wildman–Crippen LogP) is 0.668. The number of hydrogen-bond donors (Lipinski definition) is 2. The number of β-amino-alcohol motifs (C(OH)–C–C–N with tert-alkyl or cyclic N) is 1. The second kappa shape index (κ2) is 6.01. The highest BCUT2D eigenvalue weighted by Gasteiger charge is 2.31. The highest BCUT2D eigenvalue weighted by atomic mass is 19.1. The normalized spacial score (nSPS) is 14.3. The van der Waals surface area contributed by atoms with Crippen LogP contribution in [0.2, 0.25) is 0 Å². The van der Waals surface area contributed by atoms with Gasteiger partial charge in [-0.05, 0) is 18.2 Å². The van der Waals surface area contributed by atoms with E-state index in [0.29, 0.717) is 11.4 Å². The van der Waals surface area contributed by atoms with Gasteiger partial charge in [-0.25, -0.2) is 9.37 Å². The third kappa shape index (κ3) is 2.84. The topological polar surface area (TPSA) is 87.5 Å². The van der Waals surface area contributed by atoms with Crippen LogP contribution in [-0.4, -0.2) is 44.5 Å². The zero-order valence-corrected chi connectivity index (χ0v) is 11.9. The molecule has 0 bridgehead atoms. The number of carbonyl (C=O) groups is 2. The van der Waals surface area contributed by atoms with Crippen molar-refractivity contribution in [2.45, 2.75) is 0 Å². The molecule has 0 radical (unpaired) electrons. The van der Waals surface area contributed by atoms with E-state index >= 15 is 0 Å². The van der Waals surface area contributed by atoms with Crippen molar-refractivity contribution in [3.8, 4) is 5.69 Å². The molecule has 1 aliphatic heterocycles. The van der Waals surface area contributed by atoms with E-state index in [4.69, 9.17) is 5.11 Å². The first kappa shape index (κ1) is 14.9. The number of benzene rings is 1. The van der Waals surface area contributed by atoms with E-state index in [1.807, 2.05) is 0 Å². The number of aromatic nitrogens is 2. The lowest BCUT2D eigenvalue weighted by molar-refractivity contribution is -0.137. The molecular formula is C15H13FN4O3. The van der Waals surface area contributed by atoms with Crippen LogP contribution in [0.25, 0.3) is 5.69 Å². The molecule has 2 N–H and O–H groups in total. The van der Waals surface area contributed by atoms with Crippen molar-refractivity contribution in [2.75, 3.05) is 18.5 Å². The van der Waals surface area contributed by atoms with E-state index in [1.54, 1.807) is 17.0 Å². The Hall–Kier alpha value is -3.00. The number of nitrogens with zero attached hydrogens (tertiary/aromatic N) is 3. The molecule has 8 heteroatoms. The van der Waals surface area contributed by atoms with Gasteiger partial charge in [0, 0.05) is 18.5 Å². The van der Waals surface area contributed by atoms with E-state index in [2.05, 4.69) is 10.3 Å². The number of carbonyl (C=O) groups excluding carboxylic acids is 2. The first-order valence-electron chi connectivity index (χ1n) is 6.83. The Balaban J connectivity index is 1.92. The fourth-order valence-corrected chi connectivity index (χ4v) is 2.29. The Labute approximate surface area is 130 Å². The molecule has 0 fully saturated rings. The smallest absolute Gasteiger partial charge is 0.277 e. The highest BCUT2D eigenvalue weighted by molar-refractivity contribution is 6.17. The van der Waals surface area contributed by atoms with Gasteiger partial charge in [0.25, 0.3) is 11.8 Å². The maximum absolute atomic E-state index is 13.6. The molecule has 1 aromatic carbocycles. The Morgan fingerprint density at radius 1 is 1.30 bits per heavy atom. The molecule has 0 saturated carbocycles. The third-order valence-electron chi connectivity index (χ3n) is 3.34. The van der Waals surface area contributed by atoms with Crippen LogP contribution in [0.15, 0.2) is 48.7 Å². The summed E-state index contributed by atoms with van der Waals surface area (Å²) in [7, 11) is 0. The van der Waals surface area contributed by atoms with Crippen LogP contribution in [0.3, 0.4) is 0 Å². The fourth-order valence-electron chi connectivity index (χ4n) is 2.29. The number of amides is 2. The van der Waals surface area contributed by atoms with E-state index in [0.717, 1.165) is 11.0 Å². The average Bonchev–Trinajstić information content (AvgIpc) is 3.13. The Bertz CT molecular complexity index is 786. The van der Waals surface area contributed by atoms with E-state index < -0.39 is 17.6 Å². The molecule has 0 spiro atoms. The number of halogens is 1. The van der Waals surface area contributed by atoms with Gasteiger partial charge in [-0.15, -0.1) is 0 Å². The summed E-state index contributed by atoms with van der Waals surface area (Å²) in [6.07, 6.45) is 5.90. The molecule has 1 aromatic heterocycles. The number of rotatable bonds is 5. The van der Waals surface area contributed by atoms with E-state index in [1.165, 1.54) is 24.5 Å². The second-order valence-electron chi connectivity index (χ2n) is 4.83. The molecule has 0 unspecified atom stereocenters. The predicted molar refractivity (Wildman–Crippen MR) is 79.0 cm³/mol. The van der Waals surface area contributed by atoms with Crippen LogP contribution in [0.4, 0.5) is 10.1 Å². The summed E-state index contributed by atoms with van der Waals surface area (Å²) in [6.45, 7) is -0.407. The molecule has 0 aliphatic carbocycles. The molecule has 2 heterocycles. The van der Waals surface area contributed by atoms with Crippen molar-refractivity contribution in [1.82, 2.24) is 14.5 Å². The number of nitrogens with one attached hydrogen (secondary N) is 1. The van der Waals surface area contributed by atoms with Crippen molar-refractivity contribution < 1.29 is 19.1 Å². The highest BCUT2D eigenvalue weighted by Crippen LogP contribution is 2.25. The summed E-state index contributed by atoms with van der Waals surface area (Å²) >= 11 is 0. The monoisotopic (exact) mass is 316 g/mol. The van der Waals surface area contributed by atoms with Crippen molar-refractivity contribution >= 4 is 17.5 Å². The van der Waals surface area contributed by atoms with Gasteiger partial charge in [0.2, 0.25) is 0 Å². The van der Waals surface area contributed by atoms with Gasteiger partial charge >= 0.3 is 0 Å². The average molecular weight is 316 g/mol. The molecule has 118 valence electrons. The van der Waals surface area contributed by atoms with Crippen LogP contribution in [0.5, 0.6) is 0 Å². The summed E-state index contributed by atoms with van der Waals surface area (Å²) < 4.78 is 15.2. The maximum atomic E-state index is 13.6. The lowest BCUT2D eigenvalue weighted by Gasteiger charge is -2.15. The molecule has 3 rings (SSSR count). The number of aliphatic hydroxyl groups excluding tert-OH is 1. The zero-order valence-electron chi connectivity index (χ0n) is 11.9. The quantitative estimate of drug-likeness (QED) is 0.792. The third-order valence-corrected chi connectivity index (χ3v) is 3.34. The van der Waals surface area contributed by atoms with Crippen LogP contribution < -0.4 is 5.32 Å². The van der Waals surface area contributed by atoms with Crippen molar-refractivity contribution in [3.63, 3.8) is 0 Å². The molecule has 23 heavy (non-hydrogen) atoms. The van der Waals surface area contributed by atoms with Gasteiger partial charge in [0.1, 0.15) is 11.5 Å². The lowest BCUT2D eigenvalue weighted by Crippen LogP contribution is -2.34. The minimum absolute atomic E-state index is 0.0235. The molecule has 7 nitrogen and oxygen atoms in total. The number of aliphatic hydroxyl groups is 1. The van der Waals surface area contributed by atoms with Crippen molar-refractivity contribution in [3.05, 3.63) is 54.5 Å². The minimum Gasteiger partial charge on any atom is -0.395 e. The van der Waals surface area contributed by atoms with Crippen molar-refractivity contribution in [1.29, 1.82) is 0 Å². The summed E-state index contributed by atoms with van der Waals surface area (Å²) in [4.78, 5) is 28.7. The molecule has 1 aliphatic rings. The summed E-state index contributed by atoms with van der Waals surface area (Å²) in [5.41, 5.74) is 0.919. The number of anilines is 1. The summed E-state index contributed by atoms with van der Waals surface area (Å²) in [5.74, 6) is -1.57. The first-order valence-corrected chi connectivity index (χ1v) is 6.83. The Morgan fingerprint density at radius 3 is 2.83 bits per heavy atom. The van der Waals surface area contributed by atoms with Crippen LogP contribution in [-0.2, 0) is 9.59 Å². The molecule has 2 amide bonds. The molecule has 0 atom stereocenters. The molecule has 0 saturated heterocycles. The second-order valence-corrected chi connectivity index (χ2v) is 4.83. The van der Waals surface area contributed by atoms with Gasteiger partial charge in [0.15, 0.2) is 0 Å². The van der Waals surface area contributed by atoms with Crippen LogP contribution in [0, 0.1) is 5.82 Å². The van der Waals surface area contributed by atoms with Crippen LogP contribution >= 0.6 is 0 Å². The van der Waals surface area contributed by atoms with Crippen molar-refractivity contribution in [2.24, 2.45) is 0 Å². The summed E-state index contributed by atoms with van der Waals surface area (Å²) in [6, 6.07) is 4.05. The van der Waals surface area contributed by atoms with E-state index in [-0.39, 0.29) is 18.8 Å². The maximum Gasteiger partial charge on any atom is 0.277 e. The zero-order chi connectivity index (χ0) is 16.4. The SMILES string of the molecule is O=C1C=C(Nc2cc(F)ccc2-n2ccnc2)C(=O)N1CCO. The van der Waals surface area contributed by atoms with Gasteiger partial charge in [-0.1, -0.05) is 0 Å². The van der Waals surface area contributed by atoms with E-state index in [9.17, 15) is 14.0 Å². The standard InChI is InChI=1S/C15H13FN4O3/c16-10-1-2-13(19-4-3-17-9-19)11(7-10)18-12-8-14(22)20(5-6-21)15(12)23/h1-4,7-9,18,21H,5-6H2. The molecule has 2 aromatic rings. The largest absolute Gasteiger partial charge is 0.395 e. The first-order chi connectivity index (χ1) is 11.1. The van der Waals surface area contributed by atoms with Gasteiger partial charge < -0.3 is 15.0 Å². The van der Waals surface area contributed by atoms with Gasteiger partial charge in [0.05, 0.1) is 30.9 Å². The Morgan fingerprint density at radius 2 is 2.13 bits per heavy atom. The minimum atomic E-state index is -0.565. The Kier molecular flexibility index (Phi) is 3.90. The lowest BCUT2D eigenvalue weighted by atomic mass is 10.2. The van der Waals surface area contributed by atoms with Gasteiger partial charge in [-0.2, -0.15) is 0 Å². The number of hydrogen-bond acceptors (Lipinski definition) is 5. The van der Waals surface area contributed by atoms with Gasteiger partial charge in [-0.3, -0.25) is 14.5 Å². The molecular weight excluding hydrogens is 303 g/mol. The number of imidazole rings is 1. The fraction of sp³-hybridized carbons (Fsp3) is 0.133.